The number of H-pyrrole nitrogens is 1. The summed E-state index contributed by atoms with van der Waals surface area (Å²) in [6.07, 6.45) is 1.42. The Balaban J connectivity index is 1.38. The number of carbonyl (C=O) groups excluding carboxylic acids is 2. The van der Waals surface area contributed by atoms with Crippen LogP contribution in [0.5, 0.6) is 0 Å². The van der Waals surface area contributed by atoms with Crippen LogP contribution in [-0.2, 0) is 24.2 Å². The Kier molecular flexibility index (Phi) is 9.57. The van der Waals surface area contributed by atoms with Crippen LogP contribution in [0.15, 0.2) is 72.9 Å². The highest BCUT2D eigenvalue weighted by Gasteiger charge is 2.23. The first-order valence-corrected chi connectivity index (χ1v) is 13.1. The molecule has 0 aliphatic carbocycles. The topological polar surface area (TPSA) is 94.2 Å². The van der Waals surface area contributed by atoms with Crippen LogP contribution in [0.2, 0.25) is 0 Å². The van der Waals surface area contributed by atoms with Gasteiger partial charge in [0.05, 0.1) is 12.1 Å². The number of ketones is 1. The number of benzene rings is 3. The normalized spacial score (nSPS) is 12.8. The lowest BCUT2D eigenvalue weighted by Gasteiger charge is -2.25. The number of hydrogen-bond acceptors (Lipinski definition) is 4. The monoisotopic (exact) mass is 533 g/mol. The second-order valence-electron chi connectivity index (χ2n) is 9.70. The molecule has 0 aliphatic heterocycles. The van der Waals surface area contributed by atoms with Crippen molar-refractivity contribution in [3.05, 3.63) is 107 Å². The molecule has 1 aromatic heterocycles. The Morgan fingerprint density at radius 3 is 2.44 bits per heavy atom. The third-order valence-corrected chi connectivity index (χ3v) is 6.74. The molecule has 4 rings (SSSR count). The molecule has 0 aliphatic rings. The molecule has 1 heterocycles. The van der Waals surface area contributed by atoms with E-state index in [1.165, 1.54) is 17.7 Å². The van der Waals surface area contributed by atoms with Crippen LogP contribution >= 0.6 is 0 Å². The first-order chi connectivity index (χ1) is 18.8. The summed E-state index contributed by atoms with van der Waals surface area (Å²) in [4.78, 5) is 28.7. The number of aryl methyl sites for hydroxylation is 1. The van der Waals surface area contributed by atoms with Gasteiger partial charge in [0, 0.05) is 54.7 Å². The van der Waals surface area contributed by atoms with Crippen LogP contribution < -0.4 is 10.6 Å². The molecule has 0 radical (unpaired) electrons. The van der Waals surface area contributed by atoms with Crippen molar-refractivity contribution in [3.8, 4) is 0 Å². The zero-order valence-electron chi connectivity index (χ0n) is 21.8. The number of aromatic amines is 1. The molecule has 0 fully saturated rings. The highest BCUT2D eigenvalue weighted by atomic mass is 19.1. The third-order valence-electron chi connectivity index (χ3n) is 6.74. The van der Waals surface area contributed by atoms with Gasteiger partial charge in [0.1, 0.15) is 11.6 Å². The van der Waals surface area contributed by atoms with Crippen molar-refractivity contribution in [3.63, 3.8) is 0 Å². The van der Waals surface area contributed by atoms with Crippen LogP contribution in [0.25, 0.3) is 10.9 Å². The number of amides is 1. The van der Waals surface area contributed by atoms with E-state index in [0.717, 1.165) is 29.0 Å². The van der Waals surface area contributed by atoms with Crippen molar-refractivity contribution in [2.24, 2.45) is 0 Å². The summed E-state index contributed by atoms with van der Waals surface area (Å²) < 4.78 is 27.6. The maximum Gasteiger partial charge on any atom is 0.220 e. The van der Waals surface area contributed by atoms with Gasteiger partial charge in [0.2, 0.25) is 5.91 Å². The Morgan fingerprint density at radius 2 is 1.67 bits per heavy atom. The number of nitrogens with one attached hydrogen (secondary N) is 3. The zero-order chi connectivity index (χ0) is 27.8. The minimum atomic E-state index is -1.04. The van der Waals surface area contributed by atoms with E-state index in [9.17, 15) is 23.5 Å². The van der Waals surface area contributed by atoms with Crippen LogP contribution in [0.3, 0.4) is 0 Å². The quantitative estimate of drug-likeness (QED) is 0.185. The molecule has 2 unspecified atom stereocenters. The maximum atomic E-state index is 13.8. The van der Waals surface area contributed by atoms with E-state index in [4.69, 9.17) is 0 Å². The smallest absolute Gasteiger partial charge is 0.220 e. The summed E-state index contributed by atoms with van der Waals surface area (Å²) >= 11 is 0. The summed E-state index contributed by atoms with van der Waals surface area (Å²) in [5, 5.41) is 17.7. The van der Waals surface area contributed by atoms with Gasteiger partial charge in [-0.1, -0.05) is 49.4 Å². The van der Waals surface area contributed by atoms with Gasteiger partial charge in [-0.25, -0.2) is 8.78 Å². The lowest BCUT2D eigenvalue weighted by Crippen LogP contribution is -2.48. The second kappa shape index (κ2) is 13.3. The summed E-state index contributed by atoms with van der Waals surface area (Å²) in [5.74, 6) is -2.08. The molecule has 0 saturated heterocycles. The molecule has 8 heteroatoms. The van der Waals surface area contributed by atoms with E-state index in [1.54, 1.807) is 6.20 Å². The molecule has 4 aromatic rings. The summed E-state index contributed by atoms with van der Waals surface area (Å²) in [6.45, 7) is 2.74. The van der Waals surface area contributed by atoms with Crippen molar-refractivity contribution in [2.75, 3.05) is 6.54 Å². The molecule has 0 spiro atoms. The van der Waals surface area contributed by atoms with E-state index in [2.05, 4.69) is 28.6 Å². The Morgan fingerprint density at radius 1 is 0.923 bits per heavy atom. The first-order valence-electron chi connectivity index (χ1n) is 13.1. The van der Waals surface area contributed by atoms with E-state index >= 15 is 0 Å². The number of halogens is 2. The number of rotatable bonds is 13. The Bertz CT molecular complexity index is 1420. The molecule has 2 atom stereocenters. The van der Waals surface area contributed by atoms with Crippen molar-refractivity contribution in [1.29, 1.82) is 0 Å². The predicted octanol–water partition coefficient (Wildman–Crippen LogP) is 4.85. The fourth-order valence-electron chi connectivity index (χ4n) is 4.68. The summed E-state index contributed by atoms with van der Waals surface area (Å²) in [5.41, 5.74) is 3.93. The molecule has 0 saturated carbocycles. The lowest BCUT2D eigenvalue weighted by atomic mass is 9.99. The average Bonchev–Trinajstić information content (AvgIpc) is 3.35. The molecular formula is C31H33F2N3O3. The van der Waals surface area contributed by atoms with Crippen LogP contribution in [-0.4, -0.2) is 40.5 Å². The molecule has 39 heavy (non-hydrogen) atoms. The molecule has 204 valence electrons. The van der Waals surface area contributed by atoms with Gasteiger partial charge in [-0.3, -0.25) is 9.59 Å². The average molecular weight is 534 g/mol. The van der Waals surface area contributed by atoms with Crippen molar-refractivity contribution in [2.45, 2.75) is 51.3 Å². The van der Waals surface area contributed by atoms with Crippen LogP contribution in [0.1, 0.15) is 46.8 Å². The predicted molar refractivity (Wildman–Crippen MR) is 147 cm³/mol. The number of carbonyl (C=O) groups is 2. The molecular weight excluding hydrogens is 500 g/mol. The van der Waals surface area contributed by atoms with Gasteiger partial charge >= 0.3 is 0 Å². The van der Waals surface area contributed by atoms with Gasteiger partial charge in [-0.2, -0.15) is 0 Å². The summed E-state index contributed by atoms with van der Waals surface area (Å²) in [6, 6.07) is 17.8. The number of aliphatic hydroxyl groups excluding tert-OH is 1. The minimum absolute atomic E-state index is 0.0168. The van der Waals surface area contributed by atoms with Gasteiger partial charge in [0.25, 0.3) is 0 Å². The molecule has 0 bridgehead atoms. The van der Waals surface area contributed by atoms with Gasteiger partial charge in [-0.05, 0) is 47.7 Å². The number of hydrogen-bond donors (Lipinski definition) is 4. The number of para-hydroxylation sites is 1. The molecule has 1 amide bonds. The first kappa shape index (κ1) is 28.1. The molecule has 4 N–H and O–H groups in total. The van der Waals surface area contributed by atoms with E-state index in [-0.39, 0.29) is 31.6 Å². The van der Waals surface area contributed by atoms with Gasteiger partial charge in [0.15, 0.2) is 5.78 Å². The fraction of sp³-hybridized carbons (Fsp3) is 0.290. The van der Waals surface area contributed by atoms with E-state index < -0.39 is 29.7 Å². The lowest BCUT2D eigenvalue weighted by molar-refractivity contribution is -0.122. The highest BCUT2D eigenvalue weighted by molar-refractivity contribution is 6.08. The Labute approximate surface area is 226 Å². The maximum absolute atomic E-state index is 13.8. The SMILES string of the molecule is CCc1cccc(CNCC(O)C(Cc2cc(F)cc(F)c2)NC(=O)CCC(=O)c2c[nH]c3ccccc23)c1. The van der Waals surface area contributed by atoms with Crippen molar-refractivity contribution >= 4 is 22.6 Å². The fourth-order valence-corrected chi connectivity index (χ4v) is 4.68. The van der Waals surface area contributed by atoms with Gasteiger partial charge in [-0.15, -0.1) is 0 Å². The standard InChI is InChI=1S/C31H33F2N3O3/c1-2-20-6-5-7-21(12-20)17-34-19-30(38)28(15-22-13-23(32)16-24(33)14-22)36-31(39)11-10-29(37)26-18-35-27-9-4-3-8-25(26)27/h3-9,12-14,16,18,28,30,34-35,38H,2,10-11,15,17,19H2,1H3,(H,36,39). The van der Waals surface area contributed by atoms with Crippen LogP contribution in [0.4, 0.5) is 8.78 Å². The number of aliphatic hydroxyl groups is 1. The summed E-state index contributed by atoms with van der Waals surface area (Å²) in [7, 11) is 0. The number of fused-ring (bicyclic) bond motifs is 1. The van der Waals surface area contributed by atoms with E-state index in [1.807, 2.05) is 42.5 Å². The van der Waals surface area contributed by atoms with Crippen LogP contribution in [0, 0.1) is 11.6 Å². The Hall–Kier alpha value is -3.88. The molecule has 6 nitrogen and oxygen atoms in total. The van der Waals surface area contributed by atoms with E-state index in [0.29, 0.717) is 17.7 Å². The second-order valence-corrected chi connectivity index (χ2v) is 9.70. The largest absolute Gasteiger partial charge is 0.390 e. The third kappa shape index (κ3) is 7.81. The zero-order valence-corrected chi connectivity index (χ0v) is 21.8. The molecule has 3 aromatic carbocycles. The van der Waals surface area contributed by atoms with Gasteiger partial charge < -0.3 is 20.7 Å². The van der Waals surface area contributed by atoms with Crippen molar-refractivity contribution in [1.82, 2.24) is 15.6 Å². The van der Waals surface area contributed by atoms with Crippen molar-refractivity contribution < 1.29 is 23.5 Å². The number of Topliss-reactive ketones (excluding diaryl/α,β-unsaturated/α-hetero) is 1. The number of aromatic nitrogens is 1. The highest BCUT2D eigenvalue weighted by Crippen LogP contribution is 2.20. The minimum Gasteiger partial charge on any atom is -0.390 e.